The van der Waals surface area contributed by atoms with Gasteiger partial charge in [0.15, 0.2) is 0 Å². The lowest BCUT2D eigenvalue weighted by Crippen LogP contribution is -2.50. The largest absolute Gasteiger partial charge is 0.444 e. The number of aryl methyl sites for hydroxylation is 1. The quantitative estimate of drug-likeness (QED) is 0.838. The minimum Gasteiger partial charge on any atom is -0.444 e. The average Bonchev–Trinajstić information content (AvgIpc) is 2.53. The molecule has 1 amide bonds. The Morgan fingerprint density at radius 2 is 2.11 bits per heavy atom. The molecule has 1 aromatic heterocycles. The topological polar surface area (TPSA) is 54.5 Å². The monoisotopic (exact) mass is 373 g/mol. The number of ether oxygens (including phenoxy) is 1. The fraction of sp³-hybridized carbons (Fsp3) is 0.524. The van der Waals surface area contributed by atoms with E-state index in [1.807, 2.05) is 39.8 Å². The van der Waals surface area contributed by atoms with Crippen LogP contribution in [0, 0.1) is 12.7 Å². The Kier molecular flexibility index (Phi) is 5.27. The highest BCUT2D eigenvalue weighted by atomic mass is 19.1. The maximum Gasteiger partial charge on any atom is 0.407 e. The van der Waals surface area contributed by atoms with Crippen LogP contribution in [0.1, 0.15) is 46.2 Å². The summed E-state index contributed by atoms with van der Waals surface area (Å²) in [6.45, 7) is 10.4. The second kappa shape index (κ2) is 7.33. The highest BCUT2D eigenvalue weighted by Gasteiger charge is 2.29. The molecule has 2 heterocycles. The molecule has 2 unspecified atom stereocenters. The van der Waals surface area contributed by atoms with Crippen molar-refractivity contribution < 1.29 is 13.9 Å². The van der Waals surface area contributed by atoms with Gasteiger partial charge in [0.25, 0.3) is 0 Å². The number of nitrogens with zero attached hydrogens (tertiary/aromatic N) is 2. The van der Waals surface area contributed by atoms with Crippen LogP contribution in [0.4, 0.5) is 14.9 Å². The van der Waals surface area contributed by atoms with E-state index >= 15 is 0 Å². The fourth-order valence-electron chi connectivity index (χ4n) is 3.69. The molecule has 0 aliphatic carbocycles. The molecule has 1 fully saturated rings. The number of hydrogen-bond donors (Lipinski definition) is 1. The normalized spacial score (nSPS) is 20.6. The summed E-state index contributed by atoms with van der Waals surface area (Å²) in [4.78, 5) is 18.7. The molecule has 0 radical (unpaired) electrons. The van der Waals surface area contributed by atoms with Crippen molar-refractivity contribution >= 4 is 22.7 Å². The Labute approximate surface area is 159 Å². The molecule has 146 valence electrons. The van der Waals surface area contributed by atoms with E-state index in [1.54, 1.807) is 6.07 Å². The third-order valence-corrected chi connectivity index (χ3v) is 4.80. The van der Waals surface area contributed by atoms with E-state index in [-0.39, 0.29) is 24.0 Å². The molecule has 1 aliphatic rings. The van der Waals surface area contributed by atoms with Gasteiger partial charge in [0, 0.05) is 35.4 Å². The predicted molar refractivity (Wildman–Crippen MR) is 106 cm³/mol. The van der Waals surface area contributed by atoms with Crippen molar-refractivity contribution in [3.63, 3.8) is 0 Å². The number of carbonyl (C=O) groups is 1. The number of para-hydroxylation sites is 1. The molecule has 3 rings (SSSR count). The van der Waals surface area contributed by atoms with Crippen molar-refractivity contribution in [2.75, 3.05) is 11.4 Å². The van der Waals surface area contributed by atoms with Crippen LogP contribution >= 0.6 is 0 Å². The maximum absolute atomic E-state index is 14.2. The highest BCUT2D eigenvalue weighted by Crippen LogP contribution is 2.32. The molecule has 2 atom stereocenters. The summed E-state index contributed by atoms with van der Waals surface area (Å²) in [5.74, 6) is -0.299. The zero-order chi connectivity index (χ0) is 19.8. The molecule has 1 saturated heterocycles. The first-order valence-electron chi connectivity index (χ1n) is 9.46. The van der Waals surface area contributed by atoms with Crippen molar-refractivity contribution in [2.45, 2.75) is 65.1 Å². The fourth-order valence-corrected chi connectivity index (χ4v) is 3.69. The van der Waals surface area contributed by atoms with Crippen LogP contribution in [0.3, 0.4) is 0 Å². The number of hydrogen-bond acceptors (Lipinski definition) is 4. The maximum atomic E-state index is 14.2. The van der Waals surface area contributed by atoms with Gasteiger partial charge in [-0.2, -0.15) is 0 Å². The lowest BCUT2D eigenvalue weighted by Gasteiger charge is -2.40. The molecule has 1 aliphatic heterocycles. The third-order valence-electron chi connectivity index (χ3n) is 4.80. The number of nitrogens with one attached hydrogen (secondary N) is 1. The van der Waals surface area contributed by atoms with Gasteiger partial charge in [-0.05, 0) is 59.6 Å². The van der Waals surface area contributed by atoms with Crippen LogP contribution < -0.4 is 10.2 Å². The summed E-state index contributed by atoms with van der Waals surface area (Å²) in [6, 6.07) is 7.36. The molecule has 2 aromatic rings. The van der Waals surface area contributed by atoms with Crippen molar-refractivity contribution in [3.8, 4) is 0 Å². The van der Waals surface area contributed by atoms with Gasteiger partial charge in [-0.25, -0.2) is 14.2 Å². The molecule has 1 aromatic carbocycles. The number of alkyl carbamates (subject to hydrolysis) is 1. The zero-order valence-electron chi connectivity index (χ0n) is 16.7. The number of pyridine rings is 1. The lowest BCUT2D eigenvalue weighted by atomic mass is 9.96. The van der Waals surface area contributed by atoms with E-state index in [9.17, 15) is 9.18 Å². The summed E-state index contributed by atoms with van der Waals surface area (Å²) in [7, 11) is 0. The van der Waals surface area contributed by atoms with Crippen molar-refractivity contribution in [3.05, 3.63) is 35.8 Å². The number of halogens is 1. The Morgan fingerprint density at radius 3 is 2.78 bits per heavy atom. The van der Waals surface area contributed by atoms with Gasteiger partial charge in [-0.1, -0.05) is 12.1 Å². The van der Waals surface area contributed by atoms with Crippen LogP contribution in [0.25, 0.3) is 10.9 Å². The summed E-state index contributed by atoms with van der Waals surface area (Å²) in [5.41, 5.74) is 1.70. The van der Waals surface area contributed by atoms with Crippen LogP contribution in [0.2, 0.25) is 0 Å². The second-order valence-corrected chi connectivity index (χ2v) is 8.33. The number of carbonyl (C=O) groups excluding carboxylic acids is 1. The first-order valence-corrected chi connectivity index (χ1v) is 9.46. The Bertz CT molecular complexity index is 847. The van der Waals surface area contributed by atoms with Crippen molar-refractivity contribution in [1.29, 1.82) is 0 Å². The van der Waals surface area contributed by atoms with Crippen LogP contribution in [-0.4, -0.2) is 35.3 Å². The molecule has 0 saturated carbocycles. The molecule has 5 nitrogen and oxygen atoms in total. The van der Waals surface area contributed by atoms with Gasteiger partial charge < -0.3 is 15.0 Å². The van der Waals surface area contributed by atoms with Gasteiger partial charge in [0.05, 0.1) is 0 Å². The number of piperidine rings is 1. The minimum atomic E-state index is -0.506. The van der Waals surface area contributed by atoms with Gasteiger partial charge in [0.2, 0.25) is 0 Å². The van der Waals surface area contributed by atoms with Gasteiger partial charge in [0.1, 0.15) is 16.9 Å². The number of amides is 1. The lowest BCUT2D eigenvalue weighted by molar-refractivity contribution is 0.0494. The SMILES string of the molecule is Cc1cc(N2CCC(NC(=O)OC(C)(C)C)CC2C)c2cccc(F)c2n1. The molecule has 1 N–H and O–H groups in total. The molecule has 27 heavy (non-hydrogen) atoms. The first-order chi connectivity index (χ1) is 12.6. The summed E-state index contributed by atoms with van der Waals surface area (Å²) < 4.78 is 19.6. The predicted octanol–water partition coefficient (Wildman–Crippen LogP) is 4.56. The first kappa shape index (κ1) is 19.4. The number of anilines is 1. The smallest absolute Gasteiger partial charge is 0.407 e. The minimum absolute atomic E-state index is 0.0667. The van der Waals surface area contributed by atoms with Crippen molar-refractivity contribution in [2.24, 2.45) is 0 Å². The zero-order valence-corrected chi connectivity index (χ0v) is 16.7. The van der Waals surface area contributed by atoms with E-state index in [4.69, 9.17) is 4.74 Å². The number of fused-ring (bicyclic) bond motifs is 1. The van der Waals surface area contributed by atoms with Crippen LogP contribution in [0.15, 0.2) is 24.3 Å². The molecule has 0 spiro atoms. The van der Waals surface area contributed by atoms with Gasteiger partial charge >= 0.3 is 6.09 Å². The van der Waals surface area contributed by atoms with Crippen molar-refractivity contribution in [1.82, 2.24) is 10.3 Å². The van der Waals surface area contributed by atoms with E-state index in [0.717, 1.165) is 36.2 Å². The van der Waals surface area contributed by atoms with E-state index in [1.165, 1.54) is 6.07 Å². The Balaban J connectivity index is 1.77. The van der Waals surface area contributed by atoms with Crippen LogP contribution in [0.5, 0.6) is 0 Å². The number of benzene rings is 1. The molecule has 6 heteroatoms. The number of rotatable bonds is 2. The average molecular weight is 373 g/mol. The standard InChI is InChI=1S/C21H28FN3O2/c1-13-11-18(16-7-6-8-17(22)19(16)23-13)25-10-9-15(12-14(25)2)24-20(26)27-21(3,4)5/h6-8,11,14-15H,9-10,12H2,1-5H3,(H,24,26). The molecular formula is C21H28FN3O2. The Hall–Kier alpha value is -2.37. The van der Waals surface area contributed by atoms with E-state index in [2.05, 4.69) is 22.1 Å². The number of aromatic nitrogens is 1. The summed E-state index contributed by atoms with van der Waals surface area (Å²) >= 11 is 0. The summed E-state index contributed by atoms with van der Waals surface area (Å²) in [6.07, 6.45) is 1.24. The molecular weight excluding hydrogens is 345 g/mol. The van der Waals surface area contributed by atoms with E-state index in [0.29, 0.717) is 5.52 Å². The van der Waals surface area contributed by atoms with Crippen LogP contribution in [-0.2, 0) is 4.74 Å². The summed E-state index contributed by atoms with van der Waals surface area (Å²) in [5, 5.41) is 3.80. The van der Waals surface area contributed by atoms with Gasteiger partial charge in [-0.3, -0.25) is 0 Å². The highest BCUT2D eigenvalue weighted by molar-refractivity contribution is 5.92. The third kappa shape index (κ3) is 4.49. The van der Waals surface area contributed by atoms with Gasteiger partial charge in [-0.15, -0.1) is 0 Å². The Morgan fingerprint density at radius 1 is 1.37 bits per heavy atom. The van der Waals surface area contributed by atoms with E-state index < -0.39 is 5.60 Å². The molecule has 0 bridgehead atoms. The second-order valence-electron chi connectivity index (χ2n) is 8.33.